The van der Waals surface area contributed by atoms with E-state index >= 15 is 0 Å². The van der Waals surface area contributed by atoms with E-state index in [9.17, 15) is 9.90 Å². The lowest BCUT2D eigenvalue weighted by Gasteiger charge is -2.15. The van der Waals surface area contributed by atoms with Crippen LogP contribution in [0.1, 0.15) is 51.0 Å². The van der Waals surface area contributed by atoms with Crippen LogP contribution in [0.15, 0.2) is 54.6 Å². The lowest BCUT2D eigenvalue weighted by molar-refractivity contribution is -0.139. The molecule has 1 unspecified atom stereocenters. The summed E-state index contributed by atoms with van der Waals surface area (Å²) >= 11 is 0. The maximum absolute atomic E-state index is 11.6. The number of hydrogen-bond donors (Lipinski definition) is 3. The number of fused-ring (bicyclic) bond motifs is 1. The fourth-order valence-electron chi connectivity index (χ4n) is 3.95. The summed E-state index contributed by atoms with van der Waals surface area (Å²) in [5.74, 6) is -0.747. The minimum absolute atomic E-state index is 0.470. The van der Waals surface area contributed by atoms with Gasteiger partial charge in [-0.2, -0.15) is 0 Å². The highest BCUT2D eigenvalue weighted by molar-refractivity contribution is 5.90. The van der Waals surface area contributed by atoms with Gasteiger partial charge in [0, 0.05) is 23.1 Å². The van der Waals surface area contributed by atoms with Gasteiger partial charge in [-0.15, -0.1) is 0 Å². The van der Waals surface area contributed by atoms with Gasteiger partial charge < -0.3 is 15.4 Å². The molecule has 4 nitrogen and oxygen atoms in total. The third-order valence-electron chi connectivity index (χ3n) is 5.54. The van der Waals surface area contributed by atoms with Crippen LogP contribution < -0.4 is 5.32 Å². The normalized spacial score (nSPS) is 12.3. The number of nitrogens with one attached hydrogen (secondary N) is 2. The van der Waals surface area contributed by atoms with Gasteiger partial charge in [0.15, 0.2) is 0 Å². The topological polar surface area (TPSA) is 65.1 Å². The lowest BCUT2D eigenvalue weighted by Crippen LogP contribution is -2.37. The number of benzene rings is 2. The highest BCUT2D eigenvalue weighted by Crippen LogP contribution is 2.30. The van der Waals surface area contributed by atoms with E-state index in [0.717, 1.165) is 36.0 Å². The SMILES string of the molecule is CCCCCCCC(NCCc1c(-c2ccccc2)[nH]c2ccccc12)C(=O)O. The number of carbonyl (C=O) groups is 1. The number of rotatable bonds is 12. The number of carboxylic acid groups (broad SMARTS) is 1. The molecule has 0 radical (unpaired) electrons. The third kappa shape index (κ3) is 5.70. The summed E-state index contributed by atoms with van der Waals surface area (Å²) in [6.45, 7) is 2.84. The Morgan fingerprint density at radius 3 is 2.48 bits per heavy atom. The second-order valence-corrected chi connectivity index (χ2v) is 7.69. The molecule has 0 saturated carbocycles. The minimum atomic E-state index is -0.747. The first kappa shape index (κ1) is 21.1. The molecule has 0 aliphatic rings. The first-order chi connectivity index (χ1) is 14.2. The Morgan fingerprint density at radius 2 is 1.72 bits per heavy atom. The van der Waals surface area contributed by atoms with Crippen molar-refractivity contribution in [3.8, 4) is 11.3 Å². The molecule has 1 aromatic heterocycles. The predicted molar refractivity (Wildman–Crippen MR) is 120 cm³/mol. The summed E-state index contributed by atoms with van der Waals surface area (Å²) in [5, 5.41) is 14.1. The van der Waals surface area contributed by atoms with Crippen LogP contribution in [-0.2, 0) is 11.2 Å². The van der Waals surface area contributed by atoms with Gasteiger partial charge in [-0.05, 0) is 30.0 Å². The molecule has 3 aromatic rings. The molecule has 3 rings (SSSR count). The van der Waals surface area contributed by atoms with Crippen molar-refractivity contribution in [2.24, 2.45) is 0 Å². The summed E-state index contributed by atoms with van der Waals surface area (Å²) in [4.78, 5) is 15.2. The van der Waals surface area contributed by atoms with Gasteiger partial charge in [-0.3, -0.25) is 4.79 Å². The smallest absolute Gasteiger partial charge is 0.320 e. The van der Waals surface area contributed by atoms with Gasteiger partial charge in [0.25, 0.3) is 0 Å². The molecule has 3 N–H and O–H groups in total. The average molecular weight is 393 g/mol. The summed E-state index contributed by atoms with van der Waals surface area (Å²) in [6.07, 6.45) is 7.18. The highest BCUT2D eigenvalue weighted by Gasteiger charge is 2.17. The predicted octanol–water partition coefficient (Wildman–Crippen LogP) is 5.78. The lowest BCUT2D eigenvalue weighted by atomic mass is 10.0. The molecule has 1 heterocycles. The molecule has 0 saturated heterocycles. The van der Waals surface area contributed by atoms with Gasteiger partial charge in [0.05, 0.1) is 0 Å². The highest BCUT2D eigenvalue weighted by atomic mass is 16.4. The van der Waals surface area contributed by atoms with Crippen LogP contribution in [0, 0.1) is 0 Å². The zero-order valence-corrected chi connectivity index (χ0v) is 17.3. The van der Waals surface area contributed by atoms with Crippen molar-refractivity contribution in [2.75, 3.05) is 6.54 Å². The van der Waals surface area contributed by atoms with Crippen LogP contribution >= 0.6 is 0 Å². The van der Waals surface area contributed by atoms with E-state index in [2.05, 4.69) is 47.6 Å². The molecule has 1 atom stereocenters. The van der Waals surface area contributed by atoms with Crippen molar-refractivity contribution < 1.29 is 9.90 Å². The molecule has 0 bridgehead atoms. The molecular weight excluding hydrogens is 360 g/mol. The molecule has 4 heteroatoms. The van der Waals surface area contributed by atoms with E-state index in [1.54, 1.807) is 0 Å². The van der Waals surface area contributed by atoms with E-state index in [4.69, 9.17) is 0 Å². The molecule has 0 amide bonds. The number of unbranched alkanes of at least 4 members (excludes halogenated alkanes) is 4. The zero-order chi connectivity index (χ0) is 20.5. The van der Waals surface area contributed by atoms with Crippen LogP contribution in [0.25, 0.3) is 22.2 Å². The molecule has 29 heavy (non-hydrogen) atoms. The summed E-state index contributed by atoms with van der Waals surface area (Å²) in [6, 6.07) is 18.2. The van der Waals surface area contributed by atoms with Crippen molar-refractivity contribution >= 4 is 16.9 Å². The van der Waals surface area contributed by atoms with Gasteiger partial charge in [-0.25, -0.2) is 0 Å². The standard InChI is InChI=1S/C25H32N2O2/c1-2-3-4-5-9-16-23(25(28)29)26-18-17-21-20-14-10-11-15-22(20)27-24(21)19-12-7-6-8-13-19/h6-8,10-15,23,26-27H,2-5,9,16-18H2,1H3,(H,28,29). The number of H-pyrrole nitrogens is 1. The van der Waals surface area contributed by atoms with Crippen LogP contribution in [0.3, 0.4) is 0 Å². The Hall–Kier alpha value is -2.59. The number of aromatic amines is 1. The van der Waals surface area contributed by atoms with E-state index in [0.29, 0.717) is 13.0 Å². The molecular formula is C25H32N2O2. The molecule has 2 aromatic carbocycles. The Balaban J connectivity index is 1.67. The quantitative estimate of drug-likeness (QED) is 0.342. The second kappa shape index (κ2) is 10.8. The van der Waals surface area contributed by atoms with E-state index < -0.39 is 12.0 Å². The Kier molecular flexibility index (Phi) is 7.88. The zero-order valence-electron chi connectivity index (χ0n) is 17.3. The van der Waals surface area contributed by atoms with Crippen LogP contribution in [-0.4, -0.2) is 28.6 Å². The second-order valence-electron chi connectivity index (χ2n) is 7.69. The van der Waals surface area contributed by atoms with E-state index in [1.807, 2.05) is 24.3 Å². The average Bonchev–Trinajstić information content (AvgIpc) is 3.11. The maximum Gasteiger partial charge on any atom is 0.320 e. The summed E-state index contributed by atoms with van der Waals surface area (Å²) in [7, 11) is 0. The van der Waals surface area contributed by atoms with Gasteiger partial charge >= 0.3 is 5.97 Å². The molecule has 0 fully saturated rings. The maximum atomic E-state index is 11.6. The molecule has 0 spiro atoms. The van der Waals surface area contributed by atoms with Gasteiger partial charge in [0.1, 0.15) is 6.04 Å². The fourth-order valence-corrected chi connectivity index (χ4v) is 3.95. The molecule has 0 aliphatic heterocycles. The van der Waals surface area contributed by atoms with Crippen LogP contribution in [0.5, 0.6) is 0 Å². The number of para-hydroxylation sites is 1. The van der Waals surface area contributed by atoms with Gasteiger partial charge in [-0.1, -0.05) is 87.6 Å². The van der Waals surface area contributed by atoms with E-state index in [-0.39, 0.29) is 0 Å². The van der Waals surface area contributed by atoms with Crippen molar-refractivity contribution in [1.82, 2.24) is 10.3 Å². The number of hydrogen-bond acceptors (Lipinski definition) is 2. The number of aliphatic carboxylic acids is 1. The first-order valence-corrected chi connectivity index (χ1v) is 10.8. The Morgan fingerprint density at radius 1 is 1.00 bits per heavy atom. The monoisotopic (exact) mass is 392 g/mol. The van der Waals surface area contributed by atoms with Crippen molar-refractivity contribution in [1.29, 1.82) is 0 Å². The number of aromatic nitrogens is 1. The van der Waals surface area contributed by atoms with Crippen LogP contribution in [0.2, 0.25) is 0 Å². The van der Waals surface area contributed by atoms with Crippen molar-refractivity contribution in [3.63, 3.8) is 0 Å². The molecule has 0 aliphatic carbocycles. The van der Waals surface area contributed by atoms with Crippen LogP contribution in [0.4, 0.5) is 0 Å². The third-order valence-corrected chi connectivity index (χ3v) is 5.54. The van der Waals surface area contributed by atoms with Crippen molar-refractivity contribution in [2.45, 2.75) is 57.9 Å². The summed E-state index contributed by atoms with van der Waals surface area (Å²) in [5.41, 5.74) is 4.64. The van der Waals surface area contributed by atoms with E-state index in [1.165, 1.54) is 30.2 Å². The molecule has 154 valence electrons. The summed E-state index contributed by atoms with van der Waals surface area (Å²) < 4.78 is 0. The van der Waals surface area contributed by atoms with Crippen molar-refractivity contribution in [3.05, 3.63) is 60.2 Å². The Labute approximate surface area is 173 Å². The fraction of sp³-hybridized carbons (Fsp3) is 0.400. The number of carboxylic acids is 1. The first-order valence-electron chi connectivity index (χ1n) is 10.8. The Bertz CT molecular complexity index is 902. The largest absolute Gasteiger partial charge is 0.480 e. The minimum Gasteiger partial charge on any atom is -0.480 e. The van der Waals surface area contributed by atoms with Gasteiger partial charge in [0.2, 0.25) is 0 Å².